The molecule has 1 atom stereocenters. The van der Waals surface area contributed by atoms with Crippen LogP contribution < -0.4 is 4.72 Å². The normalized spacial score (nSPS) is 13.3. The van der Waals surface area contributed by atoms with Crippen molar-refractivity contribution in [2.75, 3.05) is 0 Å². The molecule has 0 amide bonds. The number of carbonyl (C=O) groups is 1. The molecule has 0 saturated heterocycles. The molecular formula is C12H13NO5S2. The summed E-state index contributed by atoms with van der Waals surface area (Å²) < 4.78 is 32.1. The van der Waals surface area contributed by atoms with Gasteiger partial charge < -0.3 is 9.52 Å². The van der Waals surface area contributed by atoms with Crippen molar-refractivity contribution in [3.8, 4) is 0 Å². The minimum absolute atomic E-state index is 0.00599. The summed E-state index contributed by atoms with van der Waals surface area (Å²) in [6.07, 6.45) is 1.46. The van der Waals surface area contributed by atoms with Gasteiger partial charge in [-0.3, -0.25) is 0 Å². The number of carboxylic acid groups (broad SMARTS) is 1. The minimum atomic E-state index is -3.79. The van der Waals surface area contributed by atoms with E-state index < -0.39 is 22.0 Å². The summed E-state index contributed by atoms with van der Waals surface area (Å²) in [4.78, 5) is 11.3. The van der Waals surface area contributed by atoms with Crippen LogP contribution in [0.2, 0.25) is 0 Å². The first-order chi connectivity index (χ1) is 9.31. The number of nitrogens with one attached hydrogen (secondary N) is 1. The van der Waals surface area contributed by atoms with Crippen LogP contribution in [0.1, 0.15) is 33.3 Å². The number of aryl methyl sites for hydroxylation is 1. The second-order valence-electron chi connectivity index (χ2n) is 4.19. The molecule has 0 saturated carbocycles. The monoisotopic (exact) mass is 315 g/mol. The molecule has 0 aromatic carbocycles. The van der Waals surface area contributed by atoms with Crippen LogP contribution in [0.5, 0.6) is 0 Å². The molecule has 6 nitrogen and oxygen atoms in total. The fourth-order valence-electron chi connectivity index (χ4n) is 1.73. The number of rotatable bonds is 5. The van der Waals surface area contributed by atoms with Gasteiger partial charge in [0.2, 0.25) is 10.0 Å². The van der Waals surface area contributed by atoms with E-state index in [4.69, 9.17) is 9.52 Å². The zero-order valence-electron chi connectivity index (χ0n) is 10.8. The SMILES string of the molecule is Cc1sc(C(=O)O)cc1S(=O)(=O)NC(C)c1ccco1. The maximum atomic E-state index is 12.3. The van der Waals surface area contributed by atoms with Crippen LogP contribution in [0.3, 0.4) is 0 Å². The van der Waals surface area contributed by atoms with Crippen molar-refractivity contribution in [3.05, 3.63) is 40.0 Å². The summed E-state index contributed by atoms with van der Waals surface area (Å²) in [6.45, 7) is 3.22. The third-order valence-corrected chi connectivity index (χ3v) is 5.51. The lowest BCUT2D eigenvalue weighted by Crippen LogP contribution is -2.26. The summed E-state index contributed by atoms with van der Waals surface area (Å²) in [5.74, 6) is -0.654. The molecular weight excluding hydrogens is 302 g/mol. The molecule has 2 rings (SSSR count). The lowest BCUT2D eigenvalue weighted by molar-refractivity contribution is 0.0702. The fraction of sp³-hybridized carbons (Fsp3) is 0.250. The molecule has 0 aliphatic carbocycles. The molecule has 2 aromatic rings. The van der Waals surface area contributed by atoms with Gasteiger partial charge in [-0.2, -0.15) is 0 Å². The standard InChI is InChI=1S/C12H13NO5S2/c1-7(9-4-3-5-18-9)13-20(16,17)11-6-10(12(14)15)19-8(11)2/h3-7,13H,1-2H3,(H,14,15). The number of thiophene rings is 1. The fourth-order valence-corrected chi connectivity index (χ4v) is 4.37. The minimum Gasteiger partial charge on any atom is -0.477 e. The Balaban J connectivity index is 2.29. The molecule has 0 radical (unpaired) electrons. The highest BCUT2D eigenvalue weighted by atomic mass is 32.2. The molecule has 0 aliphatic rings. The highest BCUT2D eigenvalue weighted by molar-refractivity contribution is 7.89. The summed E-state index contributed by atoms with van der Waals surface area (Å²) in [7, 11) is -3.79. The van der Waals surface area contributed by atoms with Crippen LogP contribution in [-0.4, -0.2) is 19.5 Å². The Morgan fingerprint density at radius 2 is 2.20 bits per heavy atom. The lowest BCUT2D eigenvalue weighted by atomic mass is 10.3. The summed E-state index contributed by atoms with van der Waals surface area (Å²) >= 11 is 0.932. The second-order valence-corrected chi connectivity index (χ2v) is 7.13. The van der Waals surface area contributed by atoms with E-state index in [1.165, 1.54) is 12.3 Å². The number of sulfonamides is 1. The molecule has 1 unspecified atom stereocenters. The molecule has 0 bridgehead atoms. The Morgan fingerprint density at radius 1 is 1.50 bits per heavy atom. The van der Waals surface area contributed by atoms with Crippen molar-refractivity contribution < 1.29 is 22.7 Å². The second kappa shape index (κ2) is 5.39. The Hall–Kier alpha value is -1.64. The summed E-state index contributed by atoms with van der Waals surface area (Å²) in [5.41, 5.74) is 0. The Labute approximate surface area is 120 Å². The third kappa shape index (κ3) is 2.92. The van der Waals surface area contributed by atoms with Gasteiger partial charge in [0.05, 0.1) is 17.2 Å². The Morgan fingerprint density at radius 3 is 2.70 bits per heavy atom. The van der Waals surface area contributed by atoms with E-state index >= 15 is 0 Å². The molecule has 2 heterocycles. The van der Waals surface area contributed by atoms with Crippen molar-refractivity contribution in [2.24, 2.45) is 0 Å². The molecule has 2 N–H and O–H groups in total. The van der Waals surface area contributed by atoms with Gasteiger partial charge >= 0.3 is 5.97 Å². The highest BCUT2D eigenvalue weighted by Gasteiger charge is 2.25. The average molecular weight is 315 g/mol. The van der Waals surface area contributed by atoms with Crippen molar-refractivity contribution in [1.29, 1.82) is 0 Å². The number of hydrogen-bond donors (Lipinski definition) is 2. The van der Waals surface area contributed by atoms with E-state index in [0.717, 1.165) is 11.3 Å². The van der Waals surface area contributed by atoms with Gasteiger partial charge in [-0.05, 0) is 32.0 Å². The predicted molar refractivity (Wildman–Crippen MR) is 73.5 cm³/mol. The van der Waals surface area contributed by atoms with Crippen LogP contribution in [0.15, 0.2) is 33.8 Å². The van der Waals surface area contributed by atoms with Crippen molar-refractivity contribution >= 4 is 27.3 Å². The molecule has 2 aromatic heterocycles. The van der Waals surface area contributed by atoms with Crippen LogP contribution in [-0.2, 0) is 10.0 Å². The summed E-state index contributed by atoms with van der Waals surface area (Å²) in [6, 6.07) is 3.96. The van der Waals surface area contributed by atoms with Gasteiger partial charge in [-0.25, -0.2) is 17.9 Å². The Bertz CT molecular complexity index is 715. The molecule has 8 heteroatoms. The number of hydrogen-bond acceptors (Lipinski definition) is 5. The van der Waals surface area contributed by atoms with E-state index in [9.17, 15) is 13.2 Å². The smallest absolute Gasteiger partial charge is 0.345 e. The highest BCUT2D eigenvalue weighted by Crippen LogP contribution is 2.27. The third-order valence-electron chi connectivity index (χ3n) is 2.67. The van der Waals surface area contributed by atoms with Gasteiger partial charge in [-0.15, -0.1) is 11.3 Å². The van der Waals surface area contributed by atoms with Crippen LogP contribution >= 0.6 is 11.3 Å². The first-order valence-corrected chi connectivity index (χ1v) is 8.00. The maximum Gasteiger partial charge on any atom is 0.345 e. The van der Waals surface area contributed by atoms with Crippen molar-refractivity contribution in [2.45, 2.75) is 24.8 Å². The molecule has 0 aliphatic heterocycles. The lowest BCUT2D eigenvalue weighted by Gasteiger charge is -2.11. The first-order valence-electron chi connectivity index (χ1n) is 5.70. The number of aromatic carboxylic acids is 1. The quantitative estimate of drug-likeness (QED) is 0.883. The predicted octanol–water partition coefficient (Wildman–Crippen LogP) is 2.39. The van der Waals surface area contributed by atoms with E-state index in [0.29, 0.717) is 10.6 Å². The van der Waals surface area contributed by atoms with Crippen LogP contribution in [0, 0.1) is 6.92 Å². The van der Waals surface area contributed by atoms with Crippen LogP contribution in [0.25, 0.3) is 0 Å². The summed E-state index contributed by atoms with van der Waals surface area (Å²) in [5, 5.41) is 8.90. The van der Waals surface area contributed by atoms with Gasteiger partial charge in [0, 0.05) is 4.88 Å². The van der Waals surface area contributed by atoms with Crippen molar-refractivity contribution in [3.63, 3.8) is 0 Å². The van der Waals surface area contributed by atoms with E-state index in [2.05, 4.69) is 4.72 Å². The van der Waals surface area contributed by atoms with E-state index in [1.807, 2.05) is 0 Å². The topological polar surface area (TPSA) is 96.6 Å². The van der Waals surface area contributed by atoms with Crippen LogP contribution in [0.4, 0.5) is 0 Å². The maximum absolute atomic E-state index is 12.3. The van der Waals surface area contributed by atoms with E-state index in [1.54, 1.807) is 26.0 Å². The number of carboxylic acids is 1. The molecule has 20 heavy (non-hydrogen) atoms. The zero-order valence-corrected chi connectivity index (χ0v) is 12.4. The zero-order chi connectivity index (χ0) is 14.9. The largest absolute Gasteiger partial charge is 0.477 e. The molecule has 0 fully saturated rings. The van der Waals surface area contributed by atoms with Crippen molar-refractivity contribution in [1.82, 2.24) is 4.72 Å². The molecule has 0 spiro atoms. The van der Waals surface area contributed by atoms with E-state index in [-0.39, 0.29) is 9.77 Å². The number of furan rings is 1. The van der Waals surface area contributed by atoms with Gasteiger partial charge in [0.15, 0.2) is 0 Å². The van der Waals surface area contributed by atoms with Gasteiger partial charge in [-0.1, -0.05) is 0 Å². The van der Waals surface area contributed by atoms with Gasteiger partial charge in [0.25, 0.3) is 0 Å². The first kappa shape index (κ1) is 14.8. The Kier molecular flexibility index (Phi) is 3.98. The average Bonchev–Trinajstić information content (AvgIpc) is 2.96. The van der Waals surface area contributed by atoms with Gasteiger partial charge in [0.1, 0.15) is 10.6 Å². The molecule has 108 valence electrons.